The molecule has 2 N–H and O–H groups in total. The number of nitrogens with zero attached hydrogens (tertiary/aromatic N) is 4. The molecule has 10 heteroatoms. The molecule has 2 atom stereocenters. The van der Waals surface area contributed by atoms with Crippen LogP contribution >= 0.6 is 0 Å². The van der Waals surface area contributed by atoms with Crippen LogP contribution in [0.3, 0.4) is 0 Å². The van der Waals surface area contributed by atoms with Gasteiger partial charge in [0.15, 0.2) is 0 Å². The molecular formula is C24H28F3N5O2. The number of nitrogens with two attached hydrogens (primary N) is 1. The van der Waals surface area contributed by atoms with Gasteiger partial charge >= 0.3 is 5.97 Å². The lowest BCUT2D eigenvalue weighted by atomic mass is 9.96. The molecule has 0 unspecified atom stereocenters. The lowest BCUT2D eigenvalue weighted by Gasteiger charge is -2.33. The van der Waals surface area contributed by atoms with Crippen molar-refractivity contribution in [2.45, 2.75) is 45.5 Å². The largest absolute Gasteiger partial charge is 0.404 e. The van der Waals surface area contributed by atoms with Crippen LogP contribution in [0.2, 0.25) is 0 Å². The molecule has 0 amide bonds. The average molecular weight is 476 g/mol. The van der Waals surface area contributed by atoms with E-state index < -0.39 is 17.7 Å². The highest BCUT2D eigenvalue weighted by atomic mass is 19.3. The molecule has 182 valence electrons. The number of esters is 1. The van der Waals surface area contributed by atoms with Gasteiger partial charge in [-0.05, 0) is 43.2 Å². The fourth-order valence-electron chi connectivity index (χ4n) is 5.02. The first-order chi connectivity index (χ1) is 16.0. The molecule has 0 spiro atoms. The molecule has 1 aromatic heterocycles. The van der Waals surface area contributed by atoms with Gasteiger partial charge in [0.25, 0.3) is 5.92 Å². The zero-order valence-electron chi connectivity index (χ0n) is 19.3. The number of fused-ring (bicyclic) bond motifs is 1. The molecule has 34 heavy (non-hydrogen) atoms. The predicted octanol–water partition coefficient (Wildman–Crippen LogP) is 4.20. The topological polar surface area (TPSA) is 84.6 Å². The van der Waals surface area contributed by atoms with Crippen LogP contribution in [0.15, 0.2) is 18.2 Å². The maximum Gasteiger partial charge on any atom is 0.350 e. The van der Waals surface area contributed by atoms with Crippen molar-refractivity contribution in [1.82, 2.24) is 9.97 Å². The van der Waals surface area contributed by atoms with E-state index in [9.17, 15) is 13.6 Å². The lowest BCUT2D eigenvalue weighted by Crippen LogP contribution is -2.40. The van der Waals surface area contributed by atoms with Crippen molar-refractivity contribution in [2.75, 3.05) is 41.7 Å². The van der Waals surface area contributed by atoms with Gasteiger partial charge in [0.05, 0.1) is 5.69 Å². The summed E-state index contributed by atoms with van der Waals surface area (Å²) < 4.78 is 47.6. The summed E-state index contributed by atoms with van der Waals surface area (Å²) in [6.45, 7) is 5.56. The number of anilines is 3. The number of halogens is 3. The van der Waals surface area contributed by atoms with Crippen LogP contribution in [0.1, 0.15) is 48.7 Å². The number of carbonyl (C=O) groups excluding carboxylic acids is 1. The van der Waals surface area contributed by atoms with E-state index in [1.54, 1.807) is 17.9 Å². The highest BCUT2D eigenvalue weighted by Gasteiger charge is 2.53. The number of piperidine rings is 2. The fourth-order valence-corrected chi connectivity index (χ4v) is 5.02. The zero-order valence-corrected chi connectivity index (χ0v) is 19.3. The second kappa shape index (κ2) is 8.02. The Kier molecular flexibility index (Phi) is 5.37. The van der Waals surface area contributed by atoms with Crippen LogP contribution in [-0.2, 0) is 0 Å². The number of hydrogen-bond acceptors (Lipinski definition) is 7. The summed E-state index contributed by atoms with van der Waals surface area (Å²) in [6, 6.07) is 4.18. The highest BCUT2D eigenvalue weighted by Crippen LogP contribution is 2.58. The van der Waals surface area contributed by atoms with Gasteiger partial charge in [0.1, 0.15) is 11.4 Å². The normalized spacial score (nSPS) is 25.6. The molecule has 3 heterocycles. The number of aromatic nitrogens is 2. The van der Waals surface area contributed by atoms with Crippen molar-refractivity contribution in [3.63, 3.8) is 0 Å². The lowest BCUT2D eigenvalue weighted by molar-refractivity contribution is -0.0222. The Balaban J connectivity index is 1.39. The van der Waals surface area contributed by atoms with Gasteiger partial charge in [-0.1, -0.05) is 6.92 Å². The number of rotatable bonds is 4. The molecule has 2 aliphatic heterocycles. The molecule has 1 aliphatic carbocycles. The fraction of sp³-hybridized carbons (Fsp3) is 0.542. The molecular weight excluding hydrogens is 447 g/mol. The smallest absolute Gasteiger partial charge is 0.350 e. The molecule has 2 aromatic rings. The Morgan fingerprint density at radius 2 is 1.82 bits per heavy atom. The van der Waals surface area contributed by atoms with Crippen LogP contribution in [0.25, 0.3) is 0 Å². The monoisotopic (exact) mass is 475 g/mol. The first-order valence-corrected chi connectivity index (χ1v) is 11.6. The van der Waals surface area contributed by atoms with E-state index >= 15 is 4.39 Å². The summed E-state index contributed by atoms with van der Waals surface area (Å²) in [5, 5.41) is 0. The summed E-state index contributed by atoms with van der Waals surface area (Å²) in [5.41, 5.74) is 7.21. The Hall–Kier alpha value is -3.04. The quantitative estimate of drug-likeness (QED) is 0.524. The zero-order chi connectivity index (χ0) is 24.3. The van der Waals surface area contributed by atoms with Crippen molar-refractivity contribution in [1.29, 1.82) is 0 Å². The van der Waals surface area contributed by atoms with Crippen molar-refractivity contribution >= 4 is 23.3 Å². The Morgan fingerprint density at radius 3 is 2.53 bits per heavy atom. The van der Waals surface area contributed by atoms with Crippen LogP contribution in [0.4, 0.5) is 30.5 Å². The van der Waals surface area contributed by atoms with Crippen molar-refractivity contribution in [2.24, 2.45) is 11.3 Å². The van der Waals surface area contributed by atoms with Crippen molar-refractivity contribution in [3.05, 3.63) is 35.3 Å². The standard InChI is InChI=1S/C24H28F3N5O2/c1-14-9-19(30-22(29-14)31-7-4-24(26,27)5-8-31)34-21(33)20-17(25)10-16(28)11-18(20)32-6-3-23(2)12-15(23)13-32/h9-11,15H,3-8,12-13,28H2,1-2H3/t15-,23-/m0/s1. The third-order valence-electron chi connectivity index (χ3n) is 7.36. The molecule has 2 saturated heterocycles. The third-order valence-corrected chi connectivity index (χ3v) is 7.36. The van der Waals surface area contributed by atoms with Crippen LogP contribution in [0, 0.1) is 24.1 Å². The van der Waals surface area contributed by atoms with Crippen LogP contribution in [0.5, 0.6) is 5.88 Å². The number of nitrogen functional groups attached to an aromatic ring is 1. The number of carbonyl (C=O) groups is 1. The van der Waals surface area contributed by atoms with Gasteiger partial charge in [-0.25, -0.2) is 22.9 Å². The second-order valence-corrected chi connectivity index (χ2v) is 10.0. The molecule has 3 fully saturated rings. The molecule has 0 bridgehead atoms. The minimum absolute atomic E-state index is 0.0552. The minimum Gasteiger partial charge on any atom is -0.404 e. The van der Waals surface area contributed by atoms with E-state index in [-0.39, 0.29) is 49.0 Å². The minimum atomic E-state index is -2.70. The summed E-state index contributed by atoms with van der Waals surface area (Å²) in [4.78, 5) is 25.3. The van der Waals surface area contributed by atoms with Gasteiger partial charge in [-0.15, -0.1) is 0 Å². The second-order valence-electron chi connectivity index (χ2n) is 10.0. The highest BCUT2D eigenvalue weighted by molar-refractivity contribution is 5.98. The number of alkyl halides is 2. The summed E-state index contributed by atoms with van der Waals surface area (Å²) in [5.74, 6) is -3.68. The van der Waals surface area contributed by atoms with E-state index in [2.05, 4.69) is 16.9 Å². The maximum absolute atomic E-state index is 15.0. The summed E-state index contributed by atoms with van der Waals surface area (Å²) in [7, 11) is 0. The number of ether oxygens (including phenoxy) is 1. The predicted molar refractivity (Wildman–Crippen MR) is 122 cm³/mol. The molecule has 0 radical (unpaired) electrons. The van der Waals surface area contributed by atoms with E-state index in [4.69, 9.17) is 10.5 Å². The maximum atomic E-state index is 15.0. The van der Waals surface area contributed by atoms with Crippen LogP contribution < -0.4 is 20.3 Å². The van der Waals surface area contributed by atoms with Gasteiger partial charge in [-0.3, -0.25) is 0 Å². The van der Waals surface area contributed by atoms with Gasteiger partial charge in [0.2, 0.25) is 11.8 Å². The van der Waals surface area contributed by atoms with Crippen LogP contribution in [-0.4, -0.2) is 48.0 Å². The summed E-state index contributed by atoms with van der Waals surface area (Å²) in [6.07, 6.45) is 1.50. The Morgan fingerprint density at radius 1 is 1.12 bits per heavy atom. The molecule has 1 aromatic carbocycles. The van der Waals surface area contributed by atoms with E-state index in [1.807, 2.05) is 4.90 Å². The van der Waals surface area contributed by atoms with Crippen molar-refractivity contribution < 1.29 is 22.7 Å². The Bertz CT molecular complexity index is 1130. The van der Waals surface area contributed by atoms with Gasteiger partial charge < -0.3 is 20.3 Å². The van der Waals surface area contributed by atoms with Gasteiger partial charge in [-0.2, -0.15) is 4.98 Å². The molecule has 3 aliphatic rings. The Labute approximate surface area is 196 Å². The average Bonchev–Trinajstić information content (AvgIpc) is 3.43. The number of hydrogen-bond donors (Lipinski definition) is 1. The van der Waals surface area contributed by atoms with E-state index in [0.29, 0.717) is 29.3 Å². The molecule has 5 rings (SSSR count). The first kappa shape index (κ1) is 22.7. The van der Waals surface area contributed by atoms with Gasteiger partial charge in [0, 0.05) is 56.5 Å². The number of aryl methyl sites for hydroxylation is 1. The first-order valence-electron chi connectivity index (χ1n) is 11.6. The van der Waals surface area contributed by atoms with E-state index in [1.165, 1.54) is 6.07 Å². The molecule has 1 saturated carbocycles. The molecule has 7 nitrogen and oxygen atoms in total. The van der Waals surface area contributed by atoms with E-state index in [0.717, 1.165) is 25.5 Å². The number of benzene rings is 1. The van der Waals surface area contributed by atoms with Crippen molar-refractivity contribution in [3.8, 4) is 5.88 Å². The SMILES string of the molecule is Cc1cc(OC(=O)c2c(F)cc(N)cc2N2CC[C@@]3(C)C[C@H]3C2)nc(N2CCC(F)(F)CC2)n1. The third kappa shape index (κ3) is 4.37. The summed E-state index contributed by atoms with van der Waals surface area (Å²) >= 11 is 0.